The molecule has 0 fully saturated rings. The van der Waals surface area contributed by atoms with Gasteiger partial charge in [-0.1, -0.05) is 12.1 Å². The molecule has 0 bridgehead atoms. The summed E-state index contributed by atoms with van der Waals surface area (Å²) < 4.78 is 0. The van der Waals surface area contributed by atoms with Gasteiger partial charge in [-0.2, -0.15) is 10.5 Å². The summed E-state index contributed by atoms with van der Waals surface area (Å²) in [5, 5.41) is 17.0. The Hall–Kier alpha value is -1.80. The maximum absolute atomic E-state index is 8.62. The minimum absolute atomic E-state index is 0.409. The molecule has 12 heavy (non-hydrogen) atoms. The Kier molecular flexibility index (Phi) is 2.46. The van der Waals surface area contributed by atoms with Gasteiger partial charge in [0.15, 0.2) is 0 Å². The van der Waals surface area contributed by atoms with Crippen molar-refractivity contribution in [1.82, 2.24) is 0 Å². The van der Waals surface area contributed by atoms with Gasteiger partial charge >= 0.3 is 0 Å². The molecule has 1 rings (SSSR count). The second-order valence-corrected chi connectivity index (χ2v) is 2.60. The van der Waals surface area contributed by atoms with E-state index in [0.29, 0.717) is 12.0 Å². The van der Waals surface area contributed by atoms with Crippen molar-refractivity contribution in [3.63, 3.8) is 0 Å². The van der Waals surface area contributed by atoms with Crippen molar-refractivity contribution in [2.45, 2.75) is 13.3 Å². The summed E-state index contributed by atoms with van der Waals surface area (Å²) in [4.78, 5) is 0. The van der Waals surface area contributed by atoms with Gasteiger partial charge in [0.2, 0.25) is 0 Å². The van der Waals surface area contributed by atoms with Crippen molar-refractivity contribution >= 4 is 0 Å². The highest BCUT2D eigenvalue weighted by molar-refractivity contribution is 5.39. The summed E-state index contributed by atoms with van der Waals surface area (Å²) >= 11 is 0. The fourth-order valence-electron chi connectivity index (χ4n) is 1.05. The minimum Gasteiger partial charge on any atom is -0.198 e. The quantitative estimate of drug-likeness (QED) is 0.623. The SMILES string of the molecule is Cc1cc(CC#N)ccc1C#N. The smallest absolute Gasteiger partial charge is 0.0994 e. The van der Waals surface area contributed by atoms with Crippen LogP contribution in [0.4, 0.5) is 0 Å². The van der Waals surface area contributed by atoms with Crippen molar-refractivity contribution < 1.29 is 0 Å². The lowest BCUT2D eigenvalue weighted by Crippen LogP contribution is -1.86. The van der Waals surface area contributed by atoms with Gasteiger partial charge in [-0.25, -0.2) is 0 Å². The van der Waals surface area contributed by atoms with Gasteiger partial charge in [-0.05, 0) is 24.1 Å². The van der Waals surface area contributed by atoms with E-state index in [1.807, 2.05) is 19.1 Å². The highest BCUT2D eigenvalue weighted by Gasteiger charge is 1.97. The third-order valence-corrected chi connectivity index (χ3v) is 1.69. The molecule has 0 aromatic heterocycles. The van der Waals surface area contributed by atoms with E-state index in [1.54, 1.807) is 6.07 Å². The molecule has 58 valence electrons. The first kappa shape index (κ1) is 8.30. The third-order valence-electron chi connectivity index (χ3n) is 1.69. The highest BCUT2D eigenvalue weighted by Crippen LogP contribution is 2.09. The molecular formula is C10H8N2. The summed E-state index contributed by atoms with van der Waals surface area (Å²) in [5.74, 6) is 0. The largest absolute Gasteiger partial charge is 0.198 e. The fraction of sp³-hybridized carbons (Fsp3) is 0.200. The van der Waals surface area contributed by atoms with E-state index < -0.39 is 0 Å². The van der Waals surface area contributed by atoms with Gasteiger partial charge < -0.3 is 0 Å². The Labute approximate surface area is 71.7 Å². The number of hydrogen-bond donors (Lipinski definition) is 0. The van der Waals surface area contributed by atoms with E-state index in [4.69, 9.17) is 10.5 Å². The van der Waals surface area contributed by atoms with Crippen LogP contribution in [0.15, 0.2) is 18.2 Å². The molecule has 0 unspecified atom stereocenters. The molecule has 2 nitrogen and oxygen atoms in total. The Morgan fingerprint density at radius 2 is 2.08 bits per heavy atom. The number of benzene rings is 1. The van der Waals surface area contributed by atoms with Crippen LogP contribution in [0.25, 0.3) is 0 Å². The number of nitriles is 2. The van der Waals surface area contributed by atoms with E-state index in [1.165, 1.54) is 0 Å². The monoisotopic (exact) mass is 156 g/mol. The number of nitrogens with zero attached hydrogens (tertiary/aromatic N) is 2. The molecule has 0 spiro atoms. The Morgan fingerprint density at radius 3 is 2.58 bits per heavy atom. The Morgan fingerprint density at radius 1 is 1.33 bits per heavy atom. The molecule has 1 aromatic rings. The first-order valence-electron chi connectivity index (χ1n) is 3.64. The van der Waals surface area contributed by atoms with E-state index >= 15 is 0 Å². The number of hydrogen-bond acceptors (Lipinski definition) is 2. The van der Waals surface area contributed by atoms with Crippen LogP contribution < -0.4 is 0 Å². The maximum atomic E-state index is 8.62. The van der Waals surface area contributed by atoms with Crippen molar-refractivity contribution in [3.05, 3.63) is 34.9 Å². The summed E-state index contributed by atoms with van der Waals surface area (Å²) in [6.07, 6.45) is 0.409. The zero-order valence-electron chi connectivity index (χ0n) is 6.83. The van der Waals surface area contributed by atoms with Crippen LogP contribution >= 0.6 is 0 Å². The lowest BCUT2D eigenvalue weighted by atomic mass is 10.0. The zero-order valence-corrected chi connectivity index (χ0v) is 6.83. The van der Waals surface area contributed by atoms with Gasteiger partial charge in [0, 0.05) is 0 Å². The highest BCUT2D eigenvalue weighted by atomic mass is 14.2. The number of aryl methyl sites for hydroxylation is 1. The van der Waals surface area contributed by atoms with Crippen LogP contribution in [-0.2, 0) is 6.42 Å². The molecule has 1 aromatic carbocycles. The summed E-state index contributed by atoms with van der Waals surface area (Å²) in [6, 6.07) is 9.59. The van der Waals surface area contributed by atoms with E-state index in [2.05, 4.69) is 12.1 Å². The third kappa shape index (κ3) is 1.62. The van der Waals surface area contributed by atoms with Crippen LogP contribution in [-0.4, -0.2) is 0 Å². The first-order valence-corrected chi connectivity index (χ1v) is 3.64. The normalized spacial score (nSPS) is 8.58. The van der Waals surface area contributed by atoms with E-state index in [-0.39, 0.29) is 0 Å². The van der Waals surface area contributed by atoms with Gasteiger partial charge in [0.25, 0.3) is 0 Å². The average molecular weight is 156 g/mol. The van der Waals surface area contributed by atoms with Crippen LogP contribution in [0.5, 0.6) is 0 Å². The predicted octanol–water partition coefficient (Wildman–Crippen LogP) is 1.93. The molecule has 0 radical (unpaired) electrons. The molecule has 0 heterocycles. The maximum Gasteiger partial charge on any atom is 0.0994 e. The van der Waals surface area contributed by atoms with Crippen LogP contribution in [0.2, 0.25) is 0 Å². The zero-order chi connectivity index (χ0) is 8.97. The van der Waals surface area contributed by atoms with Gasteiger partial charge in [-0.15, -0.1) is 0 Å². The molecule has 0 aliphatic carbocycles. The van der Waals surface area contributed by atoms with Crippen molar-refractivity contribution in [1.29, 1.82) is 10.5 Å². The second kappa shape index (κ2) is 3.55. The van der Waals surface area contributed by atoms with Crippen LogP contribution in [0, 0.1) is 29.6 Å². The van der Waals surface area contributed by atoms with E-state index in [9.17, 15) is 0 Å². The van der Waals surface area contributed by atoms with Gasteiger partial charge in [0.1, 0.15) is 0 Å². The predicted molar refractivity (Wildman–Crippen MR) is 45.2 cm³/mol. The van der Waals surface area contributed by atoms with Crippen molar-refractivity contribution in [2.24, 2.45) is 0 Å². The lowest BCUT2D eigenvalue weighted by Gasteiger charge is -1.98. The molecule has 0 aliphatic rings. The second-order valence-electron chi connectivity index (χ2n) is 2.60. The molecule has 0 saturated heterocycles. The molecule has 0 saturated carbocycles. The Bertz CT molecular complexity index is 366. The molecule has 0 atom stereocenters. The molecule has 2 heteroatoms. The summed E-state index contributed by atoms with van der Waals surface area (Å²) in [7, 11) is 0. The minimum atomic E-state index is 0.409. The van der Waals surface area contributed by atoms with Crippen molar-refractivity contribution in [3.8, 4) is 12.1 Å². The molecule has 0 amide bonds. The standard InChI is InChI=1S/C10H8N2/c1-8-6-9(4-5-11)2-3-10(8)7-12/h2-3,6H,4H2,1H3. The Balaban J connectivity index is 3.06. The molecular weight excluding hydrogens is 148 g/mol. The molecule has 0 N–H and O–H groups in total. The summed E-state index contributed by atoms with van der Waals surface area (Å²) in [5.41, 5.74) is 2.58. The van der Waals surface area contributed by atoms with Gasteiger partial charge in [0.05, 0.1) is 24.1 Å². The summed E-state index contributed by atoms with van der Waals surface area (Å²) in [6.45, 7) is 1.87. The van der Waals surface area contributed by atoms with Crippen LogP contribution in [0.1, 0.15) is 16.7 Å². The first-order chi connectivity index (χ1) is 5.77. The van der Waals surface area contributed by atoms with Gasteiger partial charge in [-0.3, -0.25) is 0 Å². The topological polar surface area (TPSA) is 47.6 Å². The number of rotatable bonds is 1. The van der Waals surface area contributed by atoms with Crippen LogP contribution in [0.3, 0.4) is 0 Å². The van der Waals surface area contributed by atoms with E-state index in [0.717, 1.165) is 11.1 Å². The lowest BCUT2D eigenvalue weighted by molar-refractivity contribution is 1.24. The average Bonchev–Trinajstić information content (AvgIpc) is 2.05. The molecule has 0 aliphatic heterocycles. The fourth-order valence-corrected chi connectivity index (χ4v) is 1.05. The van der Waals surface area contributed by atoms with Crippen molar-refractivity contribution in [2.75, 3.05) is 0 Å².